The van der Waals surface area contributed by atoms with E-state index in [1.807, 2.05) is 60.9 Å². The summed E-state index contributed by atoms with van der Waals surface area (Å²) in [4.78, 5) is 22.8. The number of aryl methyl sites for hydroxylation is 2. The van der Waals surface area contributed by atoms with Crippen molar-refractivity contribution >= 4 is 23.0 Å². The molecule has 2 atom stereocenters. The standard InChI is InChI=1S/C34H33N5O4S/c1-6-26(34(40)41)31-32-38-37-21(4)39(32)33-29(19(2)20(3)44-33)30(36-31)24-9-7-23(8-10-24)25-11-12-27(28(17-25)42-5)43-18-22-13-15-35-16-14-22/h7-17,26,31H,6,18H2,1-5H3,(H,40,41)/t26?,31-/m0/s1. The van der Waals surface area contributed by atoms with E-state index < -0.39 is 17.9 Å². The van der Waals surface area contributed by atoms with Gasteiger partial charge in [0.25, 0.3) is 0 Å². The predicted octanol–water partition coefficient (Wildman–Crippen LogP) is 6.91. The summed E-state index contributed by atoms with van der Waals surface area (Å²) in [7, 11) is 1.63. The van der Waals surface area contributed by atoms with Crippen molar-refractivity contribution in [3.8, 4) is 27.6 Å². The number of benzene rings is 2. The zero-order valence-corrected chi connectivity index (χ0v) is 26.1. The van der Waals surface area contributed by atoms with Crippen LogP contribution in [0.15, 0.2) is 72.0 Å². The number of hydrogen-bond donors (Lipinski definition) is 1. The number of methoxy groups -OCH3 is 1. The number of aliphatic carboxylic acids is 1. The van der Waals surface area contributed by atoms with E-state index >= 15 is 0 Å². The van der Waals surface area contributed by atoms with Crippen LogP contribution in [0.2, 0.25) is 0 Å². The minimum absolute atomic E-state index is 0.412. The molecule has 0 radical (unpaired) electrons. The molecule has 10 heteroatoms. The van der Waals surface area contributed by atoms with Crippen LogP contribution in [-0.2, 0) is 11.4 Å². The molecule has 5 aromatic rings. The molecule has 9 nitrogen and oxygen atoms in total. The Balaban J connectivity index is 1.38. The van der Waals surface area contributed by atoms with Gasteiger partial charge in [0.1, 0.15) is 23.5 Å². The molecular weight excluding hydrogens is 574 g/mol. The Bertz CT molecular complexity index is 1860. The minimum Gasteiger partial charge on any atom is -0.493 e. The highest BCUT2D eigenvalue weighted by atomic mass is 32.1. The van der Waals surface area contributed by atoms with Crippen molar-refractivity contribution < 1.29 is 19.4 Å². The van der Waals surface area contributed by atoms with Gasteiger partial charge in [0, 0.05) is 28.4 Å². The third-order valence-electron chi connectivity index (χ3n) is 8.13. The number of nitrogens with zero attached hydrogens (tertiary/aromatic N) is 5. The van der Waals surface area contributed by atoms with E-state index in [4.69, 9.17) is 14.5 Å². The van der Waals surface area contributed by atoms with Gasteiger partial charge in [-0.05, 0) is 73.7 Å². The van der Waals surface area contributed by atoms with Crippen molar-refractivity contribution in [2.75, 3.05) is 7.11 Å². The maximum Gasteiger partial charge on any atom is 0.309 e. The Kier molecular flexibility index (Phi) is 8.01. The van der Waals surface area contributed by atoms with Crippen molar-refractivity contribution in [2.45, 2.75) is 46.8 Å². The first-order chi connectivity index (χ1) is 21.3. The fourth-order valence-corrected chi connectivity index (χ4v) is 6.79. The van der Waals surface area contributed by atoms with Crippen molar-refractivity contribution in [2.24, 2.45) is 10.9 Å². The number of carboxylic acids is 1. The number of pyridine rings is 1. The van der Waals surface area contributed by atoms with E-state index in [1.165, 1.54) is 4.88 Å². The summed E-state index contributed by atoms with van der Waals surface area (Å²) >= 11 is 1.65. The molecule has 0 bridgehead atoms. The molecule has 0 saturated carbocycles. The Labute approximate surface area is 259 Å². The van der Waals surface area contributed by atoms with Crippen LogP contribution in [-0.4, -0.2) is 43.6 Å². The van der Waals surface area contributed by atoms with E-state index in [9.17, 15) is 9.90 Å². The van der Waals surface area contributed by atoms with Gasteiger partial charge in [-0.1, -0.05) is 37.3 Å². The lowest BCUT2D eigenvalue weighted by atomic mass is 9.94. The monoisotopic (exact) mass is 607 g/mol. The third-order valence-corrected chi connectivity index (χ3v) is 9.32. The lowest BCUT2D eigenvalue weighted by Crippen LogP contribution is -2.23. The molecule has 0 fully saturated rings. The number of carboxylic acid groups (broad SMARTS) is 1. The summed E-state index contributed by atoms with van der Waals surface area (Å²) in [5.74, 6) is 0.928. The lowest BCUT2D eigenvalue weighted by Gasteiger charge is -2.19. The van der Waals surface area contributed by atoms with Crippen molar-refractivity contribution in [1.82, 2.24) is 19.7 Å². The Hall–Kier alpha value is -4.83. The predicted molar refractivity (Wildman–Crippen MR) is 170 cm³/mol. The van der Waals surface area contributed by atoms with E-state index in [1.54, 1.807) is 30.8 Å². The van der Waals surface area contributed by atoms with E-state index in [-0.39, 0.29) is 0 Å². The summed E-state index contributed by atoms with van der Waals surface area (Å²) in [5, 5.41) is 19.9. The van der Waals surface area contributed by atoms with Crippen molar-refractivity contribution in [3.63, 3.8) is 0 Å². The van der Waals surface area contributed by atoms with Gasteiger partial charge in [0.2, 0.25) is 0 Å². The lowest BCUT2D eigenvalue weighted by molar-refractivity contribution is -0.142. The molecule has 0 aliphatic carbocycles. The molecule has 6 rings (SSSR count). The molecule has 2 aromatic carbocycles. The largest absolute Gasteiger partial charge is 0.493 e. The number of aromatic nitrogens is 4. The number of hydrogen-bond acceptors (Lipinski definition) is 8. The van der Waals surface area contributed by atoms with Crippen molar-refractivity contribution in [3.05, 3.63) is 106 Å². The first kappa shape index (κ1) is 29.3. The smallest absolute Gasteiger partial charge is 0.309 e. The van der Waals surface area contributed by atoms with Crippen LogP contribution in [0.5, 0.6) is 11.5 Å². The first-order valence-electron chi connectivity index (χ1n) is 14.4. The molecule has 1 N–H and O–H groups in total. The highest BCUT2D eigenvalue weighted by Gasteiger charge is 2.37. The summed E-state index contributed by atoms with van der Waals surface area (Å²) < 4.78 is 13.7. The fourth-order valence-electron chi connectivity index (χ4n) is 5.58. The number of fused-ring (bicyclic) bond motifs is 3. The van der Waals surface area contributed by atoms with Gasteiger partial charge < -0.3 is 14.6 Å². The average Bonchev–Trinajstić information content (AvgIpc) is 3.51. The number of ether oxygens (including phenoxy) is 2. The van der Waals surface area contributed by atoms with E-state index in [2.05, 4.69) is 41.2 Å². The van der Waals surface area contributed by atoms with Gasteiger partial charge in [0.15, 0.2) is 17.3 Å². The molecule has 44 heavy (non-hydrogen) atoms. The van der Waals surface area contributed by atoms with Crippen LogP contribution in [0.4, 0.5) is 0 Å². The van der Waals surface area contributed by atoms with Gasteiger partial charge >= 0.3 is 5.97 Å². The number of rotatable bonds is 9. The normalized spacial score (nSPS) is 14.7. The zero-order valence-electron chi connectivity index (χ0n) is 25.2. The molecule has 224 valence electrons. The van der Waals surface area contributed by atoms with Gasteiger partial charge in [-0.25, -0.2) is 0 Å². The van der Waals surface area contributed by atoms with Crippen LogP contribution in [0, 0.1) is 26.7 Å². The van der Waals surface area contributed by atoms with Crippen LogP contribution < -0.4 is 9.47 Å². The third kappa shape index (κ3) is 5.26. The Morgan fingerprint density at radius 2 is 1.68 bits per heavy atom. The summed E-state index contributed by atoms with van der Waals surface area (Å²) in [6.07, 6.45) is 3.90. The van der Waals surface area contributed by atoms with E-state index in [0.29, 0.717) is 36.2 Å². The van der Waals surface area contributed by atoms with E-state index in [0.717, 1.165) is 44.1 Å². The van der Waals surface area contributed by atoms with Crippen molar-refractivity contribution in [1.29, 1.82) is 0 Å². The number of thiophene rings is 1. The fraction of sp³-hybridized carbons (Fsp3) is 0.265. The topological polar surface area (TPSA) is 112 Å². The molecule has 0 spiro atoms. The van der Waals surface area contributed by atoms with Gasteiger partial charge in [-0.15, -0.1) is 21.5 Å². The SMILES string of the molecule is CCC(C(=O)O)[C@@H]1N=C(c2ccc(-c3ccc(OCc4ccncc4)c(OC)c3)cc2)c2c(sc(C)c2C)-n2c(C)nnc21. The van der Waals surface area contributed by atoms with Crippen LogP contribution in [0.25, 0.3) is 16.1 Å². The number of carbonyl (C=O) groups is 1. The second-order valence-corrected chi connectivity index (χ2v) is 12.0. The summed E-state index contributed by atoms with van der Waals surface area (Å²) in [6.45, 7) is 8.36. The highest BCUT2D eigenvalue weighted by molar-refractivity contribution is 7.15. The summed E-state index contributed by atoms with van der Waals surface area (Å²) in [6, 6.07) is 17.2. The molecule has 0 amide bonds. The second-order valence-electron chi connectivity index (χ2n) is 10.8. The van der Waals surface area contributed by atoms with Crippen LogP contribution >= 0.6 is 11.3 Å². The molecule has 1 unspecified atom stereocenters. The minimum atomic E-state index is -0.900. The Morgan fingerprint density at radius 1 is 0.977 bits per heavy atom. The van der Waals surface area contributed by atoms with Crippen LogP contribution in [0.1, 0.15) is 58.2 Å². The highest BCUT2D eigenvalue weighted by Crippen LogP contribution is 2.41. The number of aliphatic imine (C=N–C) groups is 1. The maximum absolute atomic E-state index is 12.4. The molecule has 4 heterocycles. The zero-order chi connectivity index (χ0) is 31.0. The van der Waals surface area contributed by atoms with Gasteiger partial charge in [-0.2, -0.15) is 0 Å². The molecule has 1 aliphatic rings. The van der Waals surface area contributed by atoms with Gasteiger partial charge in [-0.3, -0.25) is 19.3 Å². The van der Waals surface area contributed by atoms with Crippen LogP contribution in [0.3, 0.4) is 0 Å². The average molecular weight is 608 g/mol. The quantitative estimate of drug-likeness (QED) is 0.194. The maximum atomic E-state index is 12.4. The van der Waals surface area contributed by atoms with Gasteiger partial charge in [0.05, 0.1) is 18.7 Å². The summed E-state index contributed by atoms with van der Waals surface area (Å²) in [5.41, 5.74) is 6.78. The molecular formula is C34H33N5O4S. The first-order valence-corrected chi connectivity index (χ1v) is 15.3. The second kappa shape index (κ2) is 12.0. The Morgan fingerprint density at radius 3 is 2.36 bits per heavy atom. The molecule has 3 aromatic heterocycles. The molecule has 0 saturated heterocycles. The molecule has 1 aliphatic heterocycles.